The zero-order valence-corrected chi connectivity index (χ0v) is 12.6. The second kappa shape index (κ2) is 6.39. The molecular weight excluding hydrogens is 274 g/mol. The number of hydrogen-bond donors (Lipinski definition) is 0. The van der Waals surface area contributed by atoms with Crippen LogP contribution >= 0.6 is 0 Å². The average Bonchev–Trinajstić information content (AvgIpc) is 2.78. The first-order valence-corrected chi connectivity index (χ1v) is 8.88. The summed E-state index contributed by atoms with van der Waals surface area (Å²) in [6.45, 7) is 2.49. The Morgan fingerprint density at radius 1 is 1.30 bits per heavy atom. The van der Waals surface area contributed by atoms with Crippen LogP contribution in [0.25, 0.3) is 0 Å². The summed E-state index contributed by atoms with van der Waals surface area (Å²) in [5, 5.41) is 0. The fourth-order valence-corrected chi connectivity index (χ4v) is 4.43. The number of amides is 1. The van der Waals surface area contributed by atoms with Crippen LogP contribution in [0.5, 0.6) is 0 Å². The van der Waals surface area contributed by atoms with E-state index < -0.39 is 9.84 Å². The van der Waals surface area contributed by atoms with Gasteiger partial charge in [-0.05, 0) is 25.3 Å². The Bertz CT molecular complexity index is 554. The van der Waals surface area contributed by atoms with Crippen LogP contribution in [0.4, 0.5) is 0 Å². The van der Waals surface area contributed by atoms with E-state index in [0.29, 0.717) is 25.8 Å². The predicted octanol–water partition coefficient (Wildman–Crippen LogP) is 1.65. The lowest BCUT2D eigenvalue weighted by atomic mass is 10.1. The minimum atomic E-state index is -2.95. The number of carbonyl (C=O) groups excluding carboxylic acids is 1. The maximum atomic E-state index is 12.3. The van der Waals surface area contributed by atoms with Crippen LogP contribution < -0.4 is 0 Å². The summed E-state index contributed by atoms with van der Waals surface area (Å²) in [6.07, 6.45) is 1.72. The zero-order valence-electron chi connectivity index (χ0n) is 11.8. The maximum Gasteiger partial charge on any atom is 0.223 e. The molecule has 5 heteroatoms. The van der Waals surface area contributed by atoms with E-state index >= 15 is 0 Å². The van der Waals surface area contributed by atoms with E-state index in [1.165, 1.54) is 0 Å². The van der Waals surface area contributed by atoms with Crippen molar-refractivity contribution < 1.29 is 13.2 Å². The molecule has 20 heavy (non-hydrogen) atoms. The van der Waals surface area contributed by atoms with Crippen LogP contribution in [0.3, 0.4) is 0 Å². The number of aryl methyl sites for hydroxylation is 1. The van der Waals surface area contributed by atoms with Gasteiger partial charge in [0.1, 0.15) is 0 Å². The molecule has 0 aliphatic carbocycles. The van der Waals surface area contributed by atoms with Gasteiger partial charge in [0.2, 0.25) is 5.91 Å². The number of rotatable bonds is 5. The summed E-state index contributed by atoms with van der Waals surface area (Å²) in [4.78, 5) is 14.0. The third-order valence-corrected chi connectivity index (χ3v) is 5.53. The third kappa shape index (κ3) is 3.82. The molecular formula is C15H21NO3S. The molecule has 0 radical (unpaired) electrons. The number of sulfone groups is 1. The van der Waals surface area contributed by atoms with E-state index in [4.69, 9.17) is 0 Å². The Hall–Kier alpha value is -1.36. The largest absolute Gasteiger partial charge is 0.339 e. The van der Waals surface area contributed by atoms with Gasteiger partial charge in [-0.15, -0.1) is 0 Å². The number of nitrogens with zero attached hydrogens (tertiary/aromatic N) is 1. The van der Waals surface area contributed by atoms with Crippen molar-refractivity contribution in [2.45, 2.75) is 32.2 Å². The highest BCUT2D eigenvalue weighted by Crippen LogP contribution is 2.19. The summed E-state index contributed by atoms with van der Waals surface area (Å²) >= 11 is 0. The first kappa shape index (κ1) is 15.0. The van der Waals surface area contributed by atoms with E-state index in [2.05, 4.69) is 0 Å². The fourth-order valence-electron chi connectivity index (χ4n) is 2.70. The van der Waals surface area contributed by atoms with Crippen molar-refractivity contribution in [1.82, 2.24) is 4.90 Å². The van der Waals surface area contributed by atoms with E-state index in [9.17, 15) is 13.2 Å². The molecule has 1 aliphatic heterocycles. The highest BCUT2D eigenvalue weighted by molar-refractivity contribution is 7.91. The molecule has 1 heterocycles. The summed E-state index contributed by atoms with van der Waals surface area (Å²) in [6, 6.07) is 9.75. The number of carbonyl (C=O) groups is 1. The Balaban J connectivity index is 1.93. The molecule has 4 nitrogen and oxygen atoms in total. The van der Waals surface area contributed by atoms with E-state index in [1.54, 1.807) is 4.90 Å². The van der Waals surface area contributed by atoms with E-state index in [1.807, 2.05) is 37.3 Å². The zero-order chi connectivity index (χ0) is 14.6. The number of benzene rings is 1. The predicted molar refractivity (Wildman–Crippen MR) is 79.2 cm³/mol. The summed E-state index contributed by atoms with van der Waals surface area (Å²) < 4.78 is 23.1. The van der Waals surface area contributed by atoms with Crippen LogP contribution in [0, 0.1) is 0 Å². The molecule has 1 unspecified atom stereocenters. The lowest BCUT2D eigenvalue weighted by Gasteiger charge is -2.27. The Labute approximate surface area is 120 Å². The molecule has 1 amide bonds. The van der Waals surface area contributed by atoms with Crippen LogP contribution in [-0.4, -0.2) is 43.3 Å². The monoisotopic (exact) mass is 295 g/mol. The van der Waals surface area contributed by atoms with Crippen molar-refractivity contribution in [3.05, 3.63) is 35.9 Å². The summed E-state index contributed by atoms with van der Waals surface area (Å²) in [5.41, 5.74) is 1.14. The van der Waals surface area contributed by atoms with Crippen LogP contribution in [0.15, 0.2) is 30.3 Å². The molecule has 0 spiro atoms. The topological polar surface area (TPSA) is 54.5 Å². The first-order valence-electron chi connectivity index (χ1n) is 7.05. The van der Waals surface area contributed by atoms with Gasteiger partial charge in [0.05, 0.1) is 11.5 Å². The molecule has 1 aromatic carbocycles. The van der Waals surface area contributed by atoms with Crippen molar-refractivity contribution in [2.24, 2.45) is 0 Å². The van der Waals surface area contributed by atoms with Crippen LogP contribution in [0.1, 0.15) is 25.3 Å². The van der Waals surface area contributed by atoms with E-state index in [-0.39, 0.29) is 23.5 Å². The molecule has 0 N–H and O–H groups in total. The highest BCUT2D eigenvalue weighted by Gasteiger charge is 2.33. The van der Waals surface area contributed by atoms with E-state index in [0.717, 1.165) is 5.56 Å². The summed E-state index contributed by atoms with van der Waals surface area (Å²) in [7, 11) is -2.95. The molecule has 1 saturated heterocycles. The van der Waals surface area contributed by atoms with Crippen LogP contribution in [-0.2, 0) is 21.1 Å². The molecule has 1 aliphatic rings. The SMILES string of the molecule is CCN(C(=O)CCc1ccccc1)C1CCS(=O)(=O)C1. The van der Waals surface area contributed by atoms with Crippen molar-refractivity contribution in [1.29, 1.82) is 0 Å². The van der Waals surface area contributed by atoms with Gasteiger partial charge >= 0.3 is 0 Å². The second-order valence-corrected chi connectivity index (χ2v) is 7.45. The smallest absolute Gasteiger partial charge is 0.223 e. The van der Waals surface area contributed by atoms with Gasteiger partial charge in [0, 0.05) is 19.0 Å². The fraction of sp³-hybridized carbons (Fsp3) is 0.533. The molecule has 0 bridgehead atoms. The second-order valence-electron chi connectivity index (χ2n) is 5.22. The molecule has 1 aromatic rings. The molecule has 0 aromatic heterocycles. The van der Waals surface area contributed by atoms with Gasteiger partial charge in [0.25, 0.3) is 0 Å². The van der Waals surface area contributed by atoms with Gasteiger partial charge in [-0.2, -0.15) is 0 Å². The van der Waals surface area contributed by atoms with Gasteiger partial charge in [-0.25, -0.2) is 8.42 Å². The maximum absolute atomic E-state index is 12.3. The minimum Gasteiger partial charge on any atom is -0.339 e. The van der Waals surface area contributed by atoms with Crippen molar-refractivity contribution in [3.63, 3.8) is 0 Å². The first-order chi connectivity index (χ1) is 9.52. The third-order valence-electron chi connectivity index (χ3n) is 3.78. The van der Waals surface area contributed by atoms with Crippen LogP contribution in [0.2, 0.25) is 0 Å². The summed E-state index contributed by atoms with van der Waals surface area (Å²) in [5.74, 6) is 0.386. The lowest BCUT2D eigenvalue weighted by molar-refractivity contribution is -0.132. The normalized spacial score (nSPS) is 20.8. The molecule has 1 fully saturated rings. The molecule has 0 saturated carbocycles. The molecule has 110 valence electrons. The van der Waals surface area contributed by atoms with Gasteiger partial charge < -0.3 is 4.90 Å². The van der Waals surface area contributed by atoms with Crippen molar-refractivity contribution in [3.8, 4) is 0 Å². The van der Waals surface area contributed by atoms with Crippen molar-refractivity contribution in [2.75, 3.05) is 18.1 Å². The number of hydrogen-bond acceptors (Lipinski definition) is 3. The molecule has 2 rings (SSSR count). The molecule has 1 atom stereocenters. The Kier molecular flexibility index (Phi) is 4.81. The Morgan fingerprint density at radius 3 is 2.55 bits per heavy atom. The minimum absolute atomic E-state index is 0.0541. The van der Waals surface area contributed by atoms with Crippen molar-refractivity contribution >= 4 is 15.7 Å². The van der Waals surface area contributed by atoms with Gasteiger partial charge in [-0.1, -0.05) is 30.3 Å². The average molecular weight is 295 g/mol. The quantitative estimate of drug-likeness (QED) is 0.830. The van der Waals surface area contributed by atoms with Gasteiger partial charge in [-0.3, -0.25) is 4.79 Å². The Morgan fingerprint density at radius 2 is 2.00 bits per heavy atom. The standard InChI is InChI=1S/C15H21NO3S/c1-2-16(14-10-11-20(18,19)12-14)15(17)9-8-13-6-4-3-5-7-13/h3-7,14H,2,8-12H2,1H3. The lowest BCUT2D eigenvalue weighted by Crippen LogP contribution is -2.41. The highest BCUT2D eigenvalue weighted by atomic mass is 32.2. The van der Waals surface area contributed by atoms with Gasteiger partial charge in [0.15, 0.2) is 9.84 Å².